The average Bonchev–Trinajstić information content (AvgIpc) is 3.11. The first-order valence-electron chi connectivity index (χ1n) is 8.38. The minimum Gasteiger partial charge on any atom is -0.206 e. The highest BCUT2D eigenvalue weighted by atomic mass is 32.1. The van der Waals surface area contributed by atoms with Crippen molar-refractivity contribution in [3.63, 3.8) is 0 Å². The van der Waals surface area contributed by atoms with Crippen LogP contribution in [0.3, 0.4) is 0 Å². The molecule has 1 heterocycles. The van der Waals surface area contributed by atoms with E-state index in [0.29, 0.717) is 11.3 Å². The number of isothiocyanates is 1. The highest BCUT2D eigenvalue weighted by Gasteiger charge is 2.11. The summed E-state index contributed by atoms with van der Waals surface area (Å²) >= 11 is 6.13. The summed E-state index contributed by atoms with van der Waals surface area (Å²) in [4.78, 5) is 5.93. The van der Waals surface area contributed by atoms with Crippen molar-refractivity contribution in [3.8, 4) is 23.0 Å². The molecule has 3 rings (SSSR count). The smallest absolute Gasteiger partial charge is 0.139 e. The molecule has 1 aromatic heterocycles. The molecule has 0 spiro atoms. The number of thiocarbonyl (C=S) groups is 1. The molecule has 0 radical (unpaired) electrons. The monoisotopic (exact) mass is 395 g/mol. The second-order valence-corrected chi connectivity index (χ2v) is 7.18. The molecule has 0 saturated carbocycles. The Morgan fingerprint density at radius 3 is 2.48 bits per heavy atom. The van der Waals surface area contributed by atoms with Gasteiger partial charge in [0.1, 0.15) is 11.6 Å². The average molecular weight is 395 g/mol. The fraction of sp³-hybridized carbons (Fsp3) is 0.136. The Morgan fingerprint density at radius 2 is 1.78 bits per heavy atom. The summed E-state index contributed by atoms with van der Waals surface area (Å²) < 4.78 is 28.9. The number of hydrogen-bond acceptors (Lipinski definition) is 3. The summed E-state index contributed by atoms with van der Waals surface area (Å²) in [5.41, 5.74) is 1.38. The lowest BCUT2D eigenvalue weighted by molar-refractivity contribution is 0.600. The van der Waals surface area contributed by atoms with Crippen molar-refractivity contribution < 1.29 is 8.78 Å². The van der Waals surface area contributed by atoms with Gasteiger partial charge in [-0.2, -0.15) is 4.99 Å². The van der Waals surface area contributed by atoms with Gasteiger partial charge in [0.2, 0.25) is 0 Å². The summed E-state index contributed by atoms with van der Waals surface area (Å²) in [6.07, 6.45) is 2.06. The van der Waals surface area contributed by atoms with Crippen molar-refractivity contribution in [2.24, 2.45) is 4.99 Å². The maximum atomic E-state index is 14.5. The quantitative estimate of drug-likeness (QED) is 0.269. The number of nitrogens with zero attached hydrogens (tertiary/aromatic N) is 1. The standard InChI is InChI=1S/C22H15F2NS2/c1-2-3-18-10-11-19(27-18)9-6-16-12-22(24)20(13-21(16)23)15-4-7-17(8-5-15)25-14-26/h4-5,7-8,10-13H,2-3H2,1H3. The van der Waals surface area contributed by atoms with E-state index in [-0.39, 0.29) is 11.1 Å². The van der Waals surface area contributed by atoms with E-state index in [9.17, 15) is 8.78 Å². The van der Waals surface area contributed by atoms with E-state index in [1.807, 2.05) is 12.1 Å². The molecular weight excluding hydrogens is 380 g/mol. The summed E-state index contributed by atoms with van der Waals surface area (Å²) in [5.74, 6) is 4.59. The van der Waals surface area contributed by atoms with E-state index < -0.39 is 11.6 Å². The van der Waals surface area contributed by atoms with Crippen LogP contribution in [-0.2, 0) is 6.42 Å². The zero-order valence-corrected chi connectivity index (χ0v) is 16.2. The maximum Gasteiger partial charge on any atom is 0.139 e. The Balaban J connectivity index is 1.88. The fourth-order valence-electron chi connectivity index (χ4n) is 2.59. The number of hydrogen-bond donors (Lipinski definition) is 0. The predicted octanol–water partition coefficient (Wildman–Crippen LogP) is 6.78. The van der Waals surface area contributed by atoms with Gasteiger partial charge in [-0.05, 0) is 60.6 Å². The van der Waals surface area contributed by atoms with Crippen molar-refractivity contribution in [1.29, 1.82) is 0 Å². The Morgan fingerprint density at radius 1 is 1.00 bits per heavy atom. The van der Waals surface area contributed by atoms with E-state index in [1.165, 1.54) is 10.9 Å². The summed E-state index contributed by atoms with van der Waals surface area (Å²) in [5, 5.41) is 2.27. The lowest BCUT2D eigenvalue weighted by Crippen LogP contribution is -1.91. The molecule has 0 aliphatic rings. The minimum absolute atomic E-state index is 0.0450. The van der Waals surface area contributed by atoms with E-state index in [1.54, 1.807) is 35.6 Å². The molecular formula is C22H15F2NS2. The lowest BCUT2D eigenvalue weighted by atomic mass is 10.0. The highest BCUT2D eigenvalue weighted by Crippen LogP contribution is 2.27. The zero-order chi connectivity index (χ0) is 19.2. The first-order valence-corrected chi connectivity index (χ1v) is 9.61. The van der Waals surface area contributed by atoms with Crippen molar-refractivity contribution >= 4 is 34.4 Å². The van der Waals surface area contributed by atoms with Crippen LogP contribution in [0.2, 0.25) is 0 Å². The van der Waals surface area contributed by atoms with Crippen molar-refractivity contribution in [1.82, 2.24) is 0 Å². The van der Waals surface area contributed by atoms with Crippen LogP contribution < -0.4 is 0 Å². The number of aryl methyl sites for hydroxylation is 1. The van der Waals surface area contributed by atoms with Gasteiger partial charge < -0.3 is 0 Å². The van der Waals surface area contributed by atoms with Crippen molar-refractivity contribution in [2.45, 2.75) is 19.8 Å². The van der Waals surface area contributed by atoms with E-state index in [4.69, 9.17) is 0 Å². The van der Waals surface area contributed by atoms with Crippen LogP contribution >= 0.6 is 23.6 Å². The van der Waals surface area contributed by atoms with E-state index >= 15 is 0 Å². The molecule has 0 aliphatic carbocycles. The molecule has 0 bridgehead atoms. The minimum atomic E-state index is -0.551. The van der Waals surface area contributed by atoms with Crippen LogP contribution in [0.5, 0.6) is 0 Å². The Hall–Kier alpha value is -2.64. The van der Waals surface area contributed by atoms with Crippen molar-refractivity contribution in [3.05, 3.63) is 75.5 Å². The second-order valence-electron chi connectivity index (χ2n) is 5.83. The van der Waals surface area contributed by atoms with Crippen LogP contribution in [0, 0.1) is 23.5 Å². The number of aliphatic imine (C=N–C) groups is 1. The molecule has 2 aromatic carbocycles. The highest BCUT2D eigenvalue weighted by molar-refractivity contribution is 7.78. The van der Waals surface area contributed by atoms with Crippen LogP contribution in [0.15, 0.2) is 53.5 Å². The van der Waals surface area contributed by atoms with Crippen LogP contribution in [0.25, 0.3) is 11.1 Å². The van der Waals surface area contributed by atoms with Crippen LogP contribution in [0.4, 0.5) is 14.5 Å². The topological polar surface area (TPSA) is 12.4 Å². The third-order valence-corrected chi connectivity index (χ3v) is 5.04. The summed E-state index contributed by atoms with van der Waals surface area (Å²) in [6.45, 7) is 2.11. The summed E-state index contributed by atoms with van der Waals surface area (Å²) in [7, 11) is 0. The van der Waals surface area contributed by atoms with Gasteiger partial charge in [-0.1, -0.05) is 37.3 Å². The second kappa shape index (κ2) is 8.83. The zero-order valence-electron chi connectivity index (χ0n) is 14.6. The fourth-order valence-corrected chi connectivity index (χ4v) is 3.66. The van der Waals surface area contributed by atoms with E-state index in [0.717, 1.165) is 23.8 Å². The largest absolute Gasteiger partial charge is 0.206 e. The molecule has 0 N–H and O–H groups in total. The number of thiophene rings is 1. The summed E-state index contributed by atoms with van der Waals surface area (Å²) in [6, 6.07) is 12.9. The third-order valence-electron chi connectivity index (χ3n) is 3.89. The number of benzene rings is 2. The van der Waals surface area contributed by atoms with Crippen LogP contribution in [-0.4, -0.2) is 5.16 Å². The molecule has 0 amide bonds. The maximum absolute atomic E-state index is 14.5. The van der Waals surface area contributed by atoms with Gasteiger partial charge >= 0.3 is 0 Å². The van der Waals surface area contributed by atoms with Crippen LogP contribution in [0.1, 0.15) is 28.7 Å². The number of halogens is 2. The number of rotatable bonds is 4. The molecule has 3 aromatic rings. The molecule has 27 heavy (non-hydrogen) atoms. The van der Waals surface area contributed by atoms with Gasteiger partial charge in [0.15, 0.2) is 0 Å². The van der Waals surface area contributed by atoms with Gasteiger partial charge in [0.25, 0.3) is 0 Å². The first-order chi connectivity index (χ1) is 13.1. The molecule has 0 fully saturated rings. The normalized spacial score (nSPS) is 10.0. The molecule has 0 atom stereocenters. The van der Waals surface area contributed by atoms with Gasteiger partial charge in [0, 0.05) is 10.4 Å². The molecule has 5 heteroatoms. The SMILES string of the molecule is CCCc1ccc(C#Cc2cc(F)c(-c3ccc(N=C=S)cc3)cc2F)s1. The predicted molar refractivity (Wildman–Crippen MR) is 111 cm³/mol. The Bertz CT molecular complexity index is 1070. The molecule has 1 nitrogen and oxygen atoms in total. The first kappa shape index (κ1) is 19.1. The van der Waals surface area contributed by atoms with Gasteiger partial charge in [0.05, 0.1) is 21.3 Å². The Kier molecular flexibility index (Phi) is 6.26. The molecule has 0 unspecified atom stereocenters. The Labute approximate surface area is 166 Å². The van der Waals surface area contributed by atoms with Crippen molar-refractivity contribution in [2.75, 3.05) is 0 Å². The molecule has 0 aliphatic heterocycles. The molecule has 0 saturated heterocycles. The third kappa shape index (κ3) is 4.75. The molecule has 134 valence electrons. The van der Waals surface area contributed by atoms with Gasteiger partial charge in [-0.15, -0.1) is 11.3 Å². The van der Waals surface area contributed by atoms with Gasteiger partial charge in [-0.3, -0.25) is 0 Å². The lowest BCUT2D eigenvalue weighted by Gasteiger charge is -2.05. The van der Waals surface area contributed by atoms with E-state index in [2.05, 4.69) is 41.1 Å². The van der Waals surface area contributed by atoms with Gasteiger partial charge in [-0.25, -0.2) is 8.78 Å².